The van der Waals surface area contributed by atoms with E-state index in [9.17, 15) is 28.1 Å². The number of nitrogens with zero attached hydrogens (tertiary/aromatic N) is 1. The third-order valence-electron chi connectivity index (χ3n) is 2.09. The van der Waals surface area contributed by atoms with E-state index < -0.39 is 44.1 Å². The highest BCUT2D eigenvalue weighted by Crippen LogP contribution is 2.26. The summed E-state index contributed by atoms with van der Waals surface area (Å²) < 4.78 is 30.2. The third-order valence-corrected chi connectivity index (χ3v) is 3.01. The number of carboxylic acid groups (broad SMARTS) is 1. The number of rotatable bonds is 5. The van der Waals surface area contributed by atoms with Gasteiger partial charge >= 0.3 is 22.3 Å². The number of carbonyl (C=O) groups excluding carboxylic acids is 1. The van der Waals surface area contributed by atoms with Crippen molar-refractivity contribution in [2.75, 3.05) is 11.8 Å². The van der Waals surface area contributed by atoms with Crippen LogP contribution in [-0.4, -0.2) is 37.6 Å². The molecular formula is C9H9N3O8S. The van der Waals surface area contributed by atoms with Crippen molar-refractivity contribution in [1.82, 2.24) is 4.72 Å². The van der Waals surface area contributed by atoms with Crippen LogP contribution in [0, 0.1) is 10.1 Å². The molecule has 12 heteroatoms. The van der Waals surface area contributed by atoms with Crippen LogP contribution in [0.2, 0.25) is 0 Å². The molecule has 0 aliphatic carbocycles. The number of hydrogen-bond donors (Lipinski definition) is 3. The molecular weight excluding hydrogens is 310 g/mol. The molecule has 0 aliphatic heterocycles. The lowest BCUT2D eigenvalue weighted by atomic mass is 10.2. The molecule has 0 spiro atoms. The lowest BCUT2D eigenvalue weighted by Gasteiger charge is -2.09. The molecule has 0 saturated heterocycles. The first-order valence-corrected chi connectivity index (χ1v) is 6.55. The maximum atomic E-state index is 11.5. The molecule has 0 bridgehead atoms. The van der Waals surface area contributed by atoms with Gasteiger partial charge in [0.25, 0.3) is 5.69 Å². The average Bonchev–Trinajstić information content (AvgIpc) is 2.37. The Morgan fingerprint density at radius 1 is 1.38 bits per heavy atom. The van der Waals surface area contributed by atoms with Crippen LogP contribution in [0.1, 0.15) is 10.4 Å². The number of carboxylic acids is 1. The highest BCUT2D eigenvalue weighted by atomic mass is 32.2. The number of nitrogens with one attached hydrogen (secondary N) is 2. The van der Waals surface area contributed by atoms with E-state index in [1.807, 2.05) is 0 Å². The maximum Gasteiger partial charge on any atom is 0.422 e. The second-order valence-corrected chi connectivity index (χ2v) is 4.91. The molecule has 0 unspecified atom stereocenters. The van der Waals surface area contributed by atoms with E-state index in [2.05, 4.69) is 4.74 Å². The van der Waals surface area contributed by atoms with E-state index in [0.717, 1.165) is 19.2 Å². The number of hydrogen-bond acceptors (Lipinski definition) is 7. The number of methoxy groups -OCH3 is 1. The summed E-state index contributed by atoms with van der Waals surface area (Å²) in [5.41, 5.74) is -1.70. The fourth-order valence-corrected chi connectivity index (χ4v) is 2.04. The average molecular weight is 319 g/mol. The van der Waals surface area contributed by atoms with Gasteiger partial charge in [-0.15, -0.1) is 0 Å². The van der Waals surface area contributed by atoms with Crippen LogP contribution in [-0.2, 0) is 14.9 Å². The van der Waals surface area contributed by atoms with Crippen molar-refractivity contribution >= 4 is 33.6 Å². The topological polar surface area (TPSA) is 165 Å². The number of benzene rings is 1. The van der Waals surface area contributed by atoms with Crippen molar-refractivity contribution in [3.63, 3.8) is 0 Å². The summed E-state index contributed by atoms with van der Waals surface area (Å²) in [6, 6.07) is 2.53. The zero-order valence-electron chi connectivity index (χ0n) is 10.4. The second-order valence-electron chi connectivity index (χ2n) is 3.49. The van der Waals surface area contributed by atoms with Crippen molar-refractivity contribution in [1.29, 1.82) is 0 Å². The fraction of sp³-hybridized carbons (Fsp3) is 0.111. The first kappa shape index (κ1) is 16.2. The smallest absolute Gasteiger partial charge is 0.422 e. The number of ether oxygens (including phenoxy) is 1. The van der Waals surface area contributed by atoms with E-state index in [4.69, 9.17) is 5.11 Å². The molecule has 0 aromatic heterocycles. The Hall–Kier alpha value is -2.89. The van der Waals surface area contributed by atoms with Crippen molar-refractivity contribution in [2.45, 2.75) is 0 Å². The summed E-state index contributed by atoms with van der Waals surface area (Å²) in [7, 11) is -3.54. The first-order valence-electron chi connectivity index (χ1n) is 5.06. The van der Waals surface area contributed by atoms with Crippen molar-refractivity contribution in [2.24, 2.45) is 0 Å². The van der Waals surface area contributed by atoms with Gasteiger partial charge in [0, 0.05) is 6.07 Å². The van der Waals surface area contributed by atoms with Gasteiger partial charge in [-0.2, -0.15) is 8.42 Å². The molecule has 0 saturated carbocycles. The van der Waals surface area contributed by atoms with Gasteiger partial charge in [-0.05, 0) is 12.1 Å². The van der Waals surface area contributed by atoms with Crippen LogP contribution in [0.15, 0.2) is 18.2 Å². The van der Waals surface area contributed by atoms with Gasteiger partial charge in [-0.1, -0.05) is 0 Å². The van der Waals surface area contributed by atoms with Gasteiger partial charge in [-0.25, -0.2) is 14.3 Å². The minimum absolute atomic E-state index is 0.398. The summed E-state index contributed by atoms with van der Waals surface area (Å²) >= 11 is 0. The number of aromatic carboxylic acids is 1. The predicted octanol–water partition coefficient (Wildman–Crippen LogP) is 0.306. The number of carbonyl (C=O) groups is 2. The number of nitro groups is 1. The maximum absolute atomic E-state index is 11.5. The Kier molecular flexibility index (Phi) is 4.65. The standard InChI is InChI=1S/C9H9N3O8S/c1-20-9(15)11-21(18,19)10-6-3-2-5(8(13)14)4-7(6)12(16)17/h2-4,10H,1H3,(H,11,15)(H,13,14). The molecule has 1 aromatic rings. The quantitative estimate of drug-likeness (QED) is 0.515. The van der Waals surface area contributed by atoms with Gasteiger partial charge in [0.2, 0.25) is 0 Å². The molecule has 1 amide bonds. The molecule has 0 heterocycles. The molecule has 0 atom stereocenters. The summed E-state index contributed by atoms with van der Waals surface area (Å²) in [6.45, 7) is 0. The highest BCUT2D eigenvalue weighted by Gasteiger charge is 2.22. The minimum atomic E-state index is -4.46. The molecule has 21 heavy (non-hydrogen) atoms. The van der Waals surface area contributed by atoms with Gasteiger partial charge < -0.3 is 9.84 Å². The van der Waals surface area contributed by atoms with Gasteiger partial charge in [0.1, 0.15) is 5.69 Å². The van der Waals surface area contributed by atoms with Crippen LogP contribution in [0.3, 0.4) is 0 Å². The second kappa shape index (κ2) is 6.04. The molecule has 114 valence electrons. The first-order chi connectivity index (χ1) is 9.66. The highest BCUT2D eigenvalue weighted by molar-refractivity contribution is 7.91. The monoisotopic (exact) mass is 319 g/mol. The summed E-state index contributed by atoms with van der Waals surface area (Å²) in [6.07, 6.45) is -1.30. The van der Waals surface area contributed by atoms with Crippen LogP contribution in [0.4, 0.5) is 16.2 Å². The largest absolute Gasteiger partial charge is 0.478 e. The van der Waals surface area contributed by atoms with Crippen LogP contribution >= 0.6 is 0 Å². The van der Waals surface area contributed by atoms with E-state index >= 15 is 0 Å². The van der Waals surface area contributed by atoms with E-state index in [1.54, 1.807) is 4.72 Å². The summed E-state index contributed by atoms with van der Waals surface area (Å²) in [5, 5.41) is 19.6. The van der Waals surface area contributed by atoms with Gasteiger partial charge in [-0.3, -0.25) is 14.8 Å². The van der Waals surface area contributed by atoms with Crippen LogP contribution in [0.25, 0.3) is 0 Å². The van der Waals surface area contributed by atoms with Crippen molar-refractivity contribution < 1.29 is 32.8 Å². The molecule has 0 fully saturated rings. The predicted molar refractivity (Wildman–Crippen MR) is 68.1 cm³/mol. The van der Waals surface area contributed by atoms with E-state index in [1.165, 1.54) is 4.72 Å². The minimum Gasteiger partial charge on any atom is -0.478 e. The number of anilines is 1. The summed E-state index contributed by atoms with van der Waals surface area (Å²) in [4.78, 5) is 31.4. The molecule has 11 nitrogen and oxygen atoms in total. The van der Waals surface area contributed by atoms with E-state index in [0.29, 0.717) is 6.07 Å². The zero-order chi connectivity index (χ0) is 16.2. The molecule has 3 N–H and O–H groups in total. The van der Waals surface area contributed by atoms with E-state index in [-0.39, 0.29) is 0 Å². The number of amides is 1. The normalized spacial score (nSPS) is 10.5. The van der Waals surface area contributed by atoms with Crippen molar-refractivity contribution in [3.05, 3.63) is 33.9 Å². The molecule has 0 radical (unpaired) electrons. The van der Waals surface area contributed by atoms with Crippen molar-refractivity contribution in [3.8, 4) is 0 Å². The Balaban J connectivity index is 3.16. The molecule has 1 aromatic carbocycles. The van der Waals surface area contributed by atoms with Crippen LogP contribution in [0.5, 0.6) is 0 Å². The molecule has 1 rings (SSSR count). The zero-order valence-corrected chi connectivity index (χ0v) is 11.2. The Morgan fingerprint density at radius 2 is 2.00 bits per heavy atom. The Morgan fingerprint density at radius 3 is 2.48 bits per heavy atom. The van der Waals surface area contributed by atoms with Gasteiger partial charge in [0.05, 0.1) is 17.6 Å². The SMILES string of the molecule is COC(=O)NS(=O)(=O)Nc1ccc(C(=O)O)cc1[N+](=O)[O-]. The lowest BCUT2D eigenvalue weighted by Crippen LogP contribution is -2.35. The number of nitro benzene ring substituents is 1. The van der Waals surface area contributed by atoms with Crippen LogP contribution < -0.4 is 9.44 Å². The Bertz CT molecular complexity index is 699. The lowest BCUT2D eigenvalue weighted by molar-refractivity contribution is -0.383. The summed E-state index contributed by atoms with van der Waals surface area (Å²) in [5.74, 6) is -1.42. The fourth-order valence-electron chi connectivity index (χ4n) is 1.22. The third kappa shape index (κ3) is 4.31. The van der Waals surface area contributed by atoms with Gasteiger partial charge in [0.15, 0.2) is 0 Å². The molecule has 0 aliphatic rings. The Labute approximate surface area is 117 Å².